The predicted octanol–water partition coefficient (Wildman–Crippen LogP) is 2.59. The Hall–Kier alpha value is -0.940. The van der Waals surface area contributed by atoms with E-state index in [4.69, 9.17) is 5.73 Å². The number of rotatable bonds is 2. The van der Waals surface area contributed by atoms with Crippen molar-refractivity contribution in [3.63, 3.8) is 0 Å². The average Bonchev–Trinajstić information content (AvgIpc) is 2.32. The Morgan fingerprint density at radius 3 is 2.78 bits per heavy atom. The molecule has 1 saturated carbocycles. The zero-order valence-corrected chi connectivity index (χ0v) is 11.5. The Balaban J connectivity index is 2.12. The molecule has 1 aromatic carbocycles. The summed E-state index contributed by atoms with van der Waals surface area (Å²) >= 11 is 3.20. The first-order valence-electron chi connectivity index (χ1n) is 6.10. The maximum absolute atomic E-state index is 13.6. The van der Waals surface area contributed by atoms with E-state index in [0.29, 0.717) is 4.47 Å². The van der Waals surface area contributed by atoms with Gasteiger partial charge in [0.2, 0.25) is 0 Å². The summed E-state index contributed by atoms with van der Waals surface area (Å²) in [5, 5.41) is 2.83. The molecule has 0 bridgehead atoms. The summed E-state index contributed by atoms with van der Waals surface area (Å²) in [5.41, 5.74) is 6.01. The molecular formula is C13H16BrFN2O. The van der Waals surface area contributed by atoms with E-state index < -0.39 is 11.7 Å². The van der Waals surface area contributed by atoms with Gasteiger partial charge < -0.3 is 11.1 Å². The molecule has 2 atom stereocenters. The molecule has 3 nitrogen and oxygen atoms in total. The lowest BCUT2D eigenvalue weighted by molar-refractivity contribution is 0.0916. The first kappa shape index (κ1) is 13.5. The Kier molecular flexibility index (Phi) is 4.35. The molecule has 1 aliphatic rings. The van der Waals surface area contributed by atoms with Crippen molar-refractivity contribution in [1.29, 1.82) is 0 Å². The van der Waals surface area contributed by atoms with Crippen molar-refractivity contribution < 1.29 is 9.18 Å². The van der Waals surface area contributed by atoms with Gasteiger partial charge in [0.15, 0.2) is 0 Å². The standard InChI is InChI=1S/C13H16BrFN2O/c14-8-4-3-5-9(15)12(8)13(18)17-11-7-2-1-6-10(11)16/h3-5,10-11H,1-2,6-7,16H2,(H,17,18). The van der Waals surface area contributed by atoms with Crippen LogP contribution >= 0.6 is 15.9 Å². The van der Waals surface area contributed by atoms with Crippen LogP contribution in [-0.4, -0.2) is 18.0 Å². The second-order valence-corrected chi connectivity index (χ2v) is 5.48. The van der Waals surface area contributed by atoms with Gasteiger partial charge in [0.1, 0.15) is 5.82 Å². The molecule has 3 N–H and O–H groups in total. The lowest BCUT2D eigenvalue weighted by Crippen LogP contribution is -2.49. The van der Waals surface area contributed by atoms with Crippen molar-refractivity contribution in [2.45, 2.75) is 37.8 Å². The molecule has 5 heteroatoms. The third-order valence-electron chi connectivity index (χ3n) is 3.33. The molecule has 0 aliphatic heterocycles. The van der Waals surface area contributed by atoms with Gasteiger partial charge >= 0.3 is 0 Å². The van der Waals surface area contributed by atoms with E-state index in [9.17, 15) is 9.18 Å². The van der Waals surface area contributed by atoms with Gasteiger partial charge in [-0.05, 0) is 40.9 Å². The highest BCUT2D eigenvalue weighted by Gasteiger charge is 2.25. The predicted molar refractivity (Wildman–Crippen MR) is 71.8 cm³/mol. The van der Waals surface area contributed by atoms with Gasteiger partial charge in [0, 0.05) is 16.6 Å². The minimum Gasteiger partial charge on any atom is -0.348 e. The number of hydrogen-bond acceptors (Lipinski definition) is 2. The van der Waals surface area contributed by atoms with E-state index >= 15 is 0 Å². The lowest BCUT2D eigenvalue weighted by atomic mass is 9.91. The molecule has 1 aliphatic carbocycles. The highest BCUT2D eigenvalue weighted by atomic mass is 79.9. The summed E-state index contributed by atoms with van der Waals surface area (Å²) in [5.74, 6) is -0.923. The van der Waals surface area contributed by atoms with Crippen LogP contribution in [-0.2, 0) is 0 Å². The second-order valence-electron chi connectivity index (χ2n) is 4.62. The van der Waals surface area contributed by atoms with Crippen molar-refractivity contribution in [3.8, 4) is 0 Å². The summed E-state index contributed by atoms with van der Waals surface area (Å²) in [6, 6.07) is 4.40. The van der Waals surface area contributed by atoms with Crippen molar-refractivity contribution in [2.24, 2.45) is 5.73 Å². The van der Waals surface area contributed by atoms with Crippen molar-refractivity contribution >= 4 is 21.8 Å². The Bertz CT molecular complexity index is 432. The zero-order chi connectivity index (χ0) is 13.1. The molecule has 0 spiro atoms. The number of nitrogens with one attached hydrogen (secondary N) is 1. The minimum absolute atomic E-state index is 0.0340. The lowest BCUT2D eigenvalue weighted by Gasteiger charge is -2.29. The smallest absolute Gasteiger partial charge is 0.255 e. The maximum Gasteiger partial charge on any atom is 0.255 e. The molecule has 1 amide bonds. The van der Waals surface area contributed by atoms with Gasteiger partial charge in [-0.3, -0.25) is 4.79 Å². The number of halogens is 2. The van der Waals surface area contributed by atoms with Gasteiger partial charge in [-0.1, -0.05) is 18.9 Å². The van der Waals surface area contributed by atoms with E-state index in [1.165, 1.54) is 6.07 Å². The number of amides is 1. The van der Waals surface area contributed by atoms with Crippen LogP contribution in [0.1, 0.15) is 36.0 Å². The van der Waals surface area contributed by atoms with Crippen LogP contribution in [0.3, 0.4) is 0 Å². The van der Waals surface area contributed by atoms with Gasteiger partial charge in [-0.25, -0.2) is 4.39 Å². The third kappa shape index (κ3) is 2.90. The largest absolute Gasteiger partial charge is 0.348 e. The van der Waals surface area contributed by atoms with Crippen LogP contribution < -0.4 is 11.1 Å². The number of nitrogens with two attached hydrogens (primary N) is 1. The van der Waals surface area contributed by atoms with E-state index in [0.717, 1.165) is 25.7 Å². The second kappa shape index (κ2) is 5.80. The molecule has 1 aromatic rings. The summed E-state index contributed by atoms with van der Waals surface area (Å²) in [7, 11) is 0. The molecule has 2 unspecified atom stereocenters. The van der Waals surface area contributed by atoms with Crippen LogP contribution in [0.15, 0.2) is 22.7 Å². The summed E-state index contributed by atoms with van der Waals surface area (Å²) in [4.78, 5) is 12.1. The van der Waals surface area contributed by atoms with E-state index in [1.54, 1.807) is 12.1 Å². The normalized spacial score (nSPS) is 23.7. The fourth-order valence-electron chi connectivity index (χ4n) is 2.29. The molecular weight excluding hydrogens is 299 g/mol. The summed E-state index contributed by atoms with van der Waals surface area (Å²) in [6.07, 6.45) is 3.91. The van der Waals surface area contributed by atoms with E-state index in [-0.39, 0.29) is 17.6 Å². The molecule has 1 fully saturated rings. The molecule has 0 saturated heterocycles. The van der Waals surface area contributed by atoms with E-state index in [2.05, 4.69) is 21.2 Å². The fourth-order valence-corrected chi connectivity index (χ4v) is 2.82. The van der Waals surface area contributed by atoms with Crippen LogP contribution in [0.4, 0.5) is 4.39 Å². The molecule has 2 rings (SSSR count). The van der Waals surface area contributed by atoms with Crippen molar-refractivity contribution in [3.05, 3.63) is 34.1 Å². The van der Waals surface area contributed by atoms with Gasteiger partial charge in [0.05, 0.1) is 5.56 Å². The third-order valence-corrected chi connectivity index (χ3v) is 3.99. The molecule has 0 heterocycles. The number of carbonyl (C=O) groups excluding carboxylic acids is 1. The monoisotopic (exact) mass is 314 g/mol. The average molecular weight is 315 g/mol. The quantitative estimate of drug-likeness (QED) is 0.881. The highest BCUT2D eigenvalue weighted by molar-refractivity contribution is 9.10. The number of hydrogen-bond donors (Lipinski definition) is 2. The number of benzene rings is 1. The Morgan fingerprint density at radius 2 is 2.11 bits per heavy atom. The van der Waals surface area contributed by atoms with Crippen molar-refractivity contribution in [1.82, 2.24) is 5.32 Å². The SMILES string of the molecule is NC1CCCCC1NC(=O)c1c(F)cccc1Br. The molecule has 0 aromatic heterocycles. The molecule has 98 valence electrons. The van der Waals surface area contributed by atoms with Crippen LogP contribution in [0.25, 0.3) is 0 Å². The topological polar surface area (TPSA) is 55.1 Å². The molecule has 18 heavy (non-hydrogen) atoms. The summed E-state index contributed by atoms with van der Waals surface area (Å²) in [6.45, 7) is 0. The Morgan fingerprint density at radius 1 is 1.39 bits per heavy atom. The maximum atomic E-state index is 13.6. The van der Waals surface area contributed by atoms with Gasteiger partial charge in [0.25, 0.3) is 5.91 Å². The van der Waals surface area contributed by atoms with Crippen molar-refractivity contribution in [2.75, 3.05) is 0 Å². The van der Waals surface area contributed by atoms with Crippen LogP contribution in [0.2, 0.25) is 0 Å². The first-order valence-corrected chi connectivity index (χ1v) is 6.89. The van der Waals surface area contributed by atoms with Crippen LogP contribution in [0, 0.1) is 5.82 Å². The van der Waals surface area contributed by atoms with E-state index in [1.807, 2.05) is 0 Å². The summed E-state index contributed by atoms with van der Waals surface area (Å²) < 4.78 is 14.1. The zero-order valence-electron chi connectivity index (χ0n) is 9.96. The first-order chi connectivity index (χ1) is 8.59. The minimum atomic E-state index is -0.522. The number of carbonyl (C=O) groups is 1. The van der Waals surface area contributed by atoms with Crippen LogP contribution in [0.5, 0.6) is 0 Å². The highest BCUT2D eigenvalue weighted by Crippen LogP contribution is 2.21. The van der Waals surface area contributed by atoms with Gasteiger partial charge in [-0.15, -0.1) is 0 Å². The Labute approximate surface area is 114 Å². The fraction of sp³-hybridized carbons (Fsp3) is 0.462. The van der Waals surface area contributed by atoms with Gasteiger partial charge in [-0.2, -0.15) is 0 Å². The molecule has 0 radical (unpaired) electrons.